The number of nitrogens with one attached hydrogen (secondary N) is 1. The molecule has 2 rings (SSSR count). The Kier molecular flexibility index (Phi) is 11.9. The summed E-state index contributed by atoms with van der Waals surface area (Å²) in [6.45, 7) is 12.1. The second-order valence-corrected chi connectivity index (χ2v) is 11.2. The van der Waals surface area contributed by atoms with Gasteiger partial charge >= 0.3 is 6.09 Å². The van der Waals surface area contributed by atoms with Crippen LogP contribution < -0.4 is 5.32 Å². The maximum atomic E-state index is 12.4. The molecule has 0 radical (unpaired) electrons. The van der Waals surface area contributed by atoms with E-state index in [1.807, 2.05) is 34.6 Å². The molecule has 34 heavy (non-hydrogen) atoms. The number of rotatable bonds is 13. The summed E-state index contributed by atoms with van der Waals surface area (Å²) in [6.07, 6.45) is 13.8. The Hall–Kier alpha value is -1.59. The summed E-state index contributed by atoms with van der Waals surface area (Å²) >= 11 is 0. The molecule has 0 bridgehead atoms. The van der Waals surface area contributed by atoms with E-state index in [-0.39, 0.29) is 12.1 Å². The molecule has 0 aromatic heterocycles. The summed E-state index contributed by atoms with van der Waals surface area (Å²) in [6, 6.07) is 8.28. The number of aryl methyl sites for hydroxylation is 1. The molecule has 1 amide bonds. The molecule has 1 aromatic carbocycles. The normalized spacial score (nSPS) is 20.2. The lowest BCUT2D eigenvalue weighted by Crippen LogP contribution is -2.52. The Morgan fingerprint density at radius 3 is 2.26 bits per heavy atom. The van der Waals surface area contributed by atoms with Crippen LogP contribution in [-0.2, 0) is 20.6 Å². The first-order chi connectivity index (χ1) is 16.1. The van der Waals surface area contributed by atoms with E-state index in [9.17, 15) is 4.79 Å². The van der Waals surface area contributed by atoms with Crippen LogP contribution in [0.15, 0.2) is 24.3 Å². The summed E-state index contributed by atoms with van der Waals surface area (Å²) in [5.41, 5.74) is 1.84. The van der Waals surface area contributed by atoms with Crippen molar-refractivity contribution in [1.29, 1.82) is 0 Å². The number of alkyl carbamates (subject to hydrolysis) is 1. The van der Waals surface area contributed by atoms with Gasteiger partial charge in [0.15, 0.2) is 5.79 Å². The zero-order valence-electron chi connectivity index (χ0n) is 22.6. The van der Waals surface area contributed by atoms with Gasteiger partial charge in [-0.2, -0.15) is 0 Å². The van der Waals surface area contributed by atoms with Crippen LogP contribution in [0.3, 0.4) is 0 Å². The monoisotopic (exact) mass is 475 g/mol. The summed E-state index contributed by atoms with van der Waals surface area (Å²) < 4.78 is 17.6. The number of carbonyl (C=O) groups excluding carboxylic acids is 1. The van der Waals surface area contributed by atoms with E-state index in [4.69, 9.17) is 14.2 Å². The van der Waals surface area contributed by atoms with E-state index in [2.05, 4.69) is 36.5 Å². The van der Waals surface area contributed by atoms with Gasteiger partial charge < -0.3 is 19.5 Å². The van der Waals surface area contributed by atoms with Crippen molar-refractivity contribution in [3.05, 3.63) is 35.4 Å². The fraction of sp³-hybridized carbons (Fsp3) is 0.759. The lowest BCUT2D eigenvalue weighted by Gasteiger charge is -2.41. The van der Waals surface area contributed by atoms with Crippen molar-refractivity contribution in [3.8, 4) is 0 Å². The van der Waals surface area contributed by atoms with E-state index in [1.165, 1.54) is 69.8 Å². The standard InChI is InChI=1S/C29H49NO4/c1-7-8-9-10-11-12-13-14-15-16-18-23-19-17-20-24(21-23)26-25(22-32-29(5,6)33-26)30-27(31)34-28(2,3)4/h17,19-21,25-26H,7-16,18,22H2,1-6H3,(H,30,31)/t25-,26+/m0/s1. The Morgan fingerprint density at radius 1 is 1.03 bits per heavy atom. The number of hydrogen-bond donors (Lipinski definition) is 1. The fourth-order valence-electron chi connectivity index (χ4n) is 4.42. The third kappa shape index (κ3) is 11.2. The molecule has 0 spiro atoms. The van der Waals surface area contributed by atoms with Crippen molar-refractivity contribution in [2.45, 2.75) is 136 Å². The van der Waals surface area contributed by atoms with Crippen molar-refractivity contribution in [2.75, 3.05) is 6.61 Å². The number of unbranched alkanes of at least 4 members (excludes halogenated alkanes) is 9. The minimum Gasteiger partial charge on any atom is -0.444 e. The number of ether oxygens (including phenoxy) is 3. The summed E-state index contributed by atoms with van der Waals surface area (Å²) in [7, 11) is 0. The molecule has 0 aliphatic carbocycles. The maximum absolute atomic E-state index is 12.4. The first kappa shape index (κ1) is 28.6. The highest BCUT2D eigenvalue weighted by atomic mass is 16.7. The molecule has 1 saturated heterocycles. The predicted molar refractivity (Wildman–Crippen MR) is 139 cm³/mol. The highest BCUT2D eigenvalue weighted by molar-refractivity contribution is 5.68. The lowest BCUT2D eigenvalue weighted by molar-refractivity contribution is -0.284. The number of benzene rings is 1. The van der Waals surface area contributed by atoms with Gasteiger partial charge in [0.05, 0.1) is 12.6 Å². The van der Waals surface area contributed by atoms with Crippen molar-refractivity contribution in [2.24, 2.45) is 0 Å². The third-order valence-electron chi connectivity index (χ3n) is 6.19. The molecule has 0 saturated carbocycles. The Bertz CT molecular complexity index is 725. The largest absolute Gasteiger partial charge is 0.444 e. The second-order valence-electron chi connectivity index (χ2n) is 11.2. The SMILES string of the molecule is CCCCCCCCCCCCc1cccc([C@H]2OC(C)(C)OC[C@@H]2NC(=O)OC(C)(C)C)c1. The van der Waals surface area contributed by atoms with Crippen LogP contribution in [0.5, 0.6) is 0 Å². The molecule has 1 N–H and O–H groups in total. The fourth-order valence-corrected chi connectivity index (χ4v) is 4.42. The molecule has 0 unspecified atom stereocenters. The van der Waals surface area contributed by atoms with Gasteiger partial charge in [0, 0.05) is 0 Å². The van der Waals surface area contributed by atoms with E-state index >= 15 is 0 Å². The minimum absolute atomic E-state index is 0.288. The summed E-state index contributed by atoms with van der Waals surface area (Å²) in [5.74, 6) is -0.705. The van der Waals surface area contributed by atoms with E-state index in [1.54, 1.807) is 0 Å². The zero-order valence-corrected chi connectivity index (χ0v) is 22.6. The first-order valence-electron chi connectivity index (χ1n) is 13.5. The average Bonchev–Trinajstić information content (AvgIpc) is 2.75. The maximum Gasteiger partial charge on any atom is 0.408 e. The minimum atomic E-state index is -0.705. The average molecular weight is 476 g/mol. The molecule has 1 aromatic rings. The van der Waals surface area contributed by atoms with E-state index < -0.39 is 17.5 Å². The number of hydrogen-bond acceptors (Lipinski definition) is 4. The molecular weight excluding hydrogens is 426 g/mol. The van der Waals surface area contributed by atoms with Crippen LogP contribution in [-0.4, -0.2) is 30.1 Å². The molecule has 2 atom stereocenters. The molecule has 1 heterocycles. The van der Waals surface area contributed by atoms with Gasteiger partial charge in [0.1, 0.15) is 11.7 Å². The van der Waals surface area contributed by atoms with Crippen LogP contribution in [0.25, 0.3) is 0 Å². The van der Waals surface area contributed by atoms with Crippen molar-refractivity contribution in [3.63, 3.8) is 0 Å². The first-order valence-corrected chi connectivity index (χ1v) is 13.5. The highest BCUT2D eigenvalue weighted by Gasteiger charge is 2.39. The molecule has 5 nitrogen and oxygen atoms in total. The van der Waals surface area contributed by atoms with E-state index in [0.29, 0.717) is 6.61 Å². The number of carbonyl (C=O) groups is 1. The van der Waals surface area contributed by atoms with Gasteiger partial charge in [-0.3, -0.25) is 0 Å². The van der Waals surface area contributed by atoms with Crippen molar-refractivity contribution >= 4 is 6.09 Å². The molecule has 5 heteroatoms. The quantitative estimate of drug-likeness (QED) is 0.295. The molecule has 1 aliphatic heterocycles. The number of amides is 1. The van der Waals surface area contributed by atoms with Crippen LogP contribution in [0.1, 0.15) is 123 Å². The van der Waals surface area contributed by atoms with Gasteiger partial charge in [0.2, 0.25) is 0 Å². The van der Waals surface area contributed by atoms with E-state index in [0.717, 1.165) is 12.0 Å². The lowest BCUT2D eigenvalue weighted by atomic mass is 9.96. The topological polar surface area (TPSA) is 56.8 Å². The van der Waals surface area contributed by atoms with Gasteiger partial charge in [-0.15, -0.1) is 0 Å². The Balaban J connectivity index is 1.86. The van der Waals surface area contributed by atoms with Gasteiger partial charge in [-0.25, -0.2) is 4.79 Å². The van der Waals surface area contributed by atoms with Crippen LogP contribution in [0, 0.1) is 0 Å². The predicted octanol–water partition coefficient (Wildman–Crippen LogP) is 7.87. The Labute approximate surface area is 208 Å². The van der Waals surface area contributed by atoms with Crippen molar-refractivity contribution < 1.29 is 19.0 Å². The molecule has 194 valence electrons. The molecular formula is C29H49NO4. The zero-order chi connectivity index (χ0) is 25.0. The van der Waals surface area contributed by atoms with Crippen molar-refractivity contribution in [1.82, 2.24) is 5.32 Å². The molecule has 1 aliphatic rings. The third-order valence-corrected chi connectivity index (χ3v) is 6.19. The summed E-state index contributed by atoms with van der Waals surface area (Å²) in [5, 5.41) is 2.96. The van der Waals surface area contributed by atoms with Gasteiger partial charge in [-0.05, 0) is 58.6 Å². The van der Waals surface area contributed by atoms with Crippen LogP contribution in [0.4, 0.5) is 4.79 Å². The summed E-state index contributed by atoms with van der Waals surface area (Å²) in [4.78, 5) is 12.4. The van der Waals surface area contributed by atoms with Gasteiger partial charge in [0.25, 0.3) is 0 Å². The van der Waals surface area contributed by atoms with Crippen LogP contribution in [0.2, 0.25) is 0 Å². The Morgan fingerprint density at radius 2 is 1.65 bits per heavy atom. The highest BCUT2D eigenvalue weighted by Crippen LogP contribution is 2.33. The van der Waals surface area contributed by atoms with Gasteiger partial charge in [-0.1, -0.05) is 89.0 Å². The second kappa shape index (κ2) is 14.1. The molecule has 1 fully saturated rings. The smallest absolute Gasteiger partial charge is 0.408 e. The van der Waals surface area contributed by atoms with Crippen LogP contribution >= 0.6 is 0 Å².